The number of halogens is 3. The average molecular weight is 645 g/mol. The highest BCUT2D eigenvalue weighted by molar-refractivity contribution is 6.34. The van der Waals surface area contributed by atoms with E-state index >= 15 is 0 Å². The van der Waals surface area contributed by atoms with E-state index in [0.29, 0.717) is 31.9 Å². The largest absolute Gasteiger partial charge is 0.488 e. The maximum atomic E-state index is 14.9. The third-order valence-electron chi connectivity index (χ3n) is 8.08. The van der Waals surface area contributed by atoms with Gasteiger partial charge in [-0.2, -0.15) is 4.39 Å². The molecule has 3 aromatic rings. The summed E-state index contributed by atoms with van der Waals surface area (Å²) in [5.41, 5.74) is 0.678. The number of imidazole rings is 1. The molecule has 0 aliphatic carbocycles. The van der Waals surface area contributed by atoms with E-state index < -0.39 is 17.5 Å². The Hall–Kier alpha value is -4.07. The molecule has 2 N–H and O–H groups in total. The molecular formula is C31H35ClF2N6O5. The molecule has 0 saturated carbocycles. The Bertz CT molecular complexity index is 1570. The van der Waals surface area contributed by atoms with Crippen molar-refractivity contribution in [2.24, 2.45) is 13.0 Å². The van der Waals surface area contributed by atoms with Crippen molar-refractivity contribution in [1.29, 1.82) is 0 Å². The Morgan fingerprint density at radius 2 is 1.73 bits per heavy atom. The molecule has 0 bridgehead atoms. The summed E-state index contributed by atoms with van der Waals surface area (Å²) >= 11 is 6.47. The molecule has 3 heterocycles. The van der Waals surface area contributed by atoms with Gasteiger partial charge in [0.25, 0.3) is 11.8 Å². The first kappa shape index (κ1) is 32.3. The van der Waals surface area contributed by atoms with Gasteiger partial charge in [0.1, 0.15) is 6.61 Å². The zero-order valence-electron chi connectivity index (χ0n) is 25.1. The number of piperazine rings is 1. The number of piperidine rings is 1. The molecule has 5 rings (SSSR count). The predicted octanol–water partition coefficient (Wildman–Crippen LogP) is 3.58. The van der Waals surface area contributed by atoms with Gasteiger partial charge in [0.05, 0.1) is 29.1 Å². The third-order valence-corrected chi connectivity index (χ3v) is 8.40. The van der Waals surface area contributed by atoms with E-state index in [4.69, 9.17) is 21.1 Å². The van der Waals surface area contributed by atoms with Gasteiger partial charge >= 0.3 is 0 Å². The smallest absolute Gasteiger partial charge is 0.291 e. The number of rotatable bonds is 9. The number of hydrogen-bond acceptors (Lipinski definition) is 7. The van der Waals surface area contributed by atoms with Gasteiger partial charge in [-0.05, 0) is 56.3 Å². The number of ether oxygens (including phenoxy) is 2. The summed E-state index contributed by atoms with van der Waals surface area (Å²) in [6.07, 6.45) is 2.93. The summed E-state index contributed by atoms with van der Waals surface area (Å²) in [6, 6.07) is 7.20. The molecule has 2 fully saturated rings. The SMILES string of the molecule is COCCOc1ccc(-c2cnc(C(=O)Nc3ccc(C(=O)N4CCN(C(=O)C5CCNCC5)CC4)c(Cl)c3)n2C)c(F)c1F. The molecule has 1 aromatic heterocycles. The first-order chi connectivity index (χ1) is 21.7. The fraction of sp³-hybridized carbons (Fsp3) is 0.419. The van der Waals surface area contributed by atoms with Gasteiger partial charge in [-0.1, -0.05) is 11.6 Å². The van der Waals surface area contributed by atoms with Gasteiger partial charge in [0.2, 0.25) is 11.7 Å². The lowest BCUT2D eigenvalue weighted by atomic mass is 9.96. The molecular weight excluding hydrogens is 610 g/mol. The summed E-state index contributed by atoms with van der Waals surface area (Å²) in [5.74, 6) is -3.30. The van der Waals surface area contributed by atoms with Gasteiger partial charge in [-0.3, -0.25) is 14.4 Å². The third kappa shape index (κ3) is 7.10. The second-order valence-electron chi connectivity index (χ2n) is 10.9. The number of nitrogens with zero attached hydrogens (tertiary/aromatic N) is 4. The second kappa shape index (κ2) is 14.4. The molecule has 2 saturated heterocycles. The summed E-state index contributed by atoms with van der Waals surface area (Å²) in [4.78, 5) is 46.8. The molecule has 240 valence electrons. The summed E-state index contributed by atoms with van der Waals surface area (Å²) in [5, 5.41) is 6.10. The lowest BCUT2D eigenvalue weighted by molar-refractivity contribution is -0.137. The van der Waals surface area contributed by atoms with Crippen molar-refractivity contribution < 1.29 is 32.6 Å². The van der Waals surface area contributed by atoms with Crippen LogP contribution < -0.4 is 15.4 Å². The van der Waals surface area contributed by atoms with Crippen LogP contribution in [0.5, 0.6) is 5.75 Å². The first-order valence-electron chi connectivity index (χ1n) is 14.7. The predicted molar refractivity (Wildman–Crippen MR) is 163 cm³/mol. The maximum absolute atomic E-state index is 14.9. The monoisotopic (exact) mass is 644 g/mol. The molecule has 45 heavy (non-hydrogen) atoms. The summed E-state index contributed by atoms with van der Waals surface area (Å²) < 4.78 is 40.9. The van der Waals surface area contributed by atoms with Gasteiger partial charge in [0.15, 0.2) is 17.4 Å². The average Bonchev–Trinajstić information content (AvgIpc) is 3.44. The van der Waals surface area contributed by atoms with Crippen molar-refractivity contribution in [3.63, 3.8) is 0 Å². The standard InChI is InChI=1S/C31H35ClF2N6O5/c1-38-24(22-5-6-25(27(34)26(22)33)45-16-15-44-2)18-36-28(38)29(41)37-20-3-4-21(23(32)17-20)31(43)40-13-11-39(12-14-40)30(42)19-7-9-35-10-8-19/h3-6,17-19,35H,7-16H2,1-2H3,(H,37,41). The minimum absolute atomic E-state index is 0.0326. The zero-order chi connectivity index (χ0) is 32.1. The summed E-state index contributed by atoms with van der Waals surface area (Å²) in [7, 11) is 2.97. The van der Waals surface area contributed by atoms with Crippen LogP contribution in [0, 0.1) is 17.6 Å². The van der Waals surface area contributed by atoms with Crippen molar-refractivity contribution in [2.45, 2.75) is 12.8 Å². The Labute approximate surface area is 264 Å². The zero-order valence-corrected chi connectivity index (χ0v) is 25.8. The number of nitrogens with one attached hydrogen (secondary N) is 2. The molecule has 0 unspecified atom stereocenters. The molecule has 2 aromatic carbocycles. The van der Waals surface area contributed by atoms with Gasteiger partial charge in [-0.25, -0.2) is 9.37 Å². The summed E-state index contributed by atoms with van der Waals surface area (Å²) in [6.45, 7) is 3.69. The van der Waals surface area contributed by atoms with E-state index in [2.05, 4.69) is 15.6 Å². The normalized spacial score (nSPS) is 15.7. The number of hydrogen-bond donors (Lipinski definition) is 2. The molecule has 2 aliphatic rings. The van der Waals surface area contributed by atoms with Crippen LogP contribution in [0.3, 0.4) is 0 Å². The second-order valence-corrected chi connectivity index (χ2v) is 11.3. The van der Waals surface area contributed by atoms with E-state index in [0.717, 1.165) is 25.9 Å². The lowest BCUT2D eigenvalue weighted by Crippen LogP contribution is -2.52. The van der Waals surface area contributed by atoms with Crippen LogP contribution in [0.25, 0.3) is 11.3 Å². The van der Waals surface area contributed by atoms with E-state index in [9.17, 15) is 23.2 Å². The van der Waals surface area contributed by atoms with E-state index in [1.807, 2.05) is 4.90 Å². The topological polar surface area (TPSA) is 118 Å². The number of methoxy groups -OCH3 is 1. The number of benzene rings is 2. The minimum Gasteiger partial charge on any atom is -0.488 e. The van der Waals surface area contributed by atoms with Crippen molar-refractivity contribution >= 4 is 35.0 Å². The number of amides is 3. The van der Waals surface area contributed by atoms with Crippen LogP contribution in [0.4, 0.5) is 14.5 Å². The van der Waals surface area contributed by atoms with E-state index in [1.165, 1.54) is 49.2 Å². The van der Waals surface area contributed by atoms with Crippen LogP contribution in [0.2, 0.25) is 5.02 Å². The highest BCUT2D eigenvalue weighted by atomic mass is 35.5. The van der Waals surface area contributed by atoms with Crippen LogP contribution in [-0.2, 0) is 16.6 Å². The highest BCUT2D eigenvalue weighted by Gasteiger charge is 2.30. The molecule has 0 atom stereocenters. The maximum Gasteiger partial charge on any atom is 0.291 e. The van der Waals surface area contributed by atoms with Crippen LogP contribution >= 0.6 is 11.6 Å². The molecule has 0 radical (unpaired) electrons. The lowest BCUT2D eigenvalue weighted by Gasteiger charge is -2.37. The van der Waals surface area contributed by atoms with Gasteiger partial charge < -0.3 is 34.5 Å². The Morgan fingerprint density at radius 1 is 1.02 bits per heavy atom. The molecule has 14 heteroatoms. The number of anilines is 1. The van der Waals surface area contributed by atoms with E-state index in [-0.39, 0.29) is 64.4 Å². The van der Waals surface area contributed by atoms with Crippen LogP contribution in [0.15, 0.2) is 36.5 Å². The highest BCUT2D eigenvalue weighted by Crippen LogP contribution is 2.31. The molecule has 11 nitrogen and oxygen atoms in total. The van der Waals surface area contributed by atoms with Gasteiger partial charge in [-0.15, -0.1) is 0 Å². The van der Waals surface area contributed by atoms with Crippen LogP contribution in [0.1, 0.15) is 33.8 Å². The Balaban J connectivity index is 1.21. The van der Waals surface area contributed by atoms with Crippen molar-refractivity contribution in [2.75, 3.05) is 64.9 Å². The van der Waals surface area contributed by atoms with Crippen LogP contribution in [-0.4, -0.2) is 96.7 Å². The van der Waals surface area contributed by atoms with Crippen molar-refractivity contribution in [3.05, 3.63) is 64.6 Å². The number of carbonyl (C=O) groups is 3. The number of carbonyl (C=O) groups excluding carboxylic acids is 3. The molecule has 2 aliphatic heterocycles. The van der Waals surface area contributed by atoms with Crippen molar-refractivity contribution in [3.8, 4) is 17.0 Å². The van der Waals surface area contributed by atoms with Gasteiger partial charge in [0, 0.05) is 57.5 Å². The molecule has 0 spiro atoms. The van der Waals surface area contributed by atoms with E-state index in [1.54, 1.807) is 11.0 Å². The first-order valence-corrected chi connectivity index (χ1v) is 15.1. The Kier molecular flexibility index (Phi) is 10.3. The minimum atomic E-state index is -1.16. The number of aromatic nitrogens is 2. The quantitative estimate of drug-likeness (QED) is 0.342. The fourth-order valence-electron chi connectivity index (χ4n) is 5.53. The fourth-order valence-corrected chi connectivity index (χ4v) is 5.79. The van der Waals surface area contributed by atoms with Crippen molar-refractivity contribution in [1.82, 2.24) is 24.7 Å². The molecule has 3 amide bonds. The Morgan fingerprint density at radius 3 is 2.42 bits per heavy atom.